The van der Waals surface area contributed by atoms with Crippen molar-refractivity contribution < 1.29 is 9.84 Å². The molecule has 0 unspecified atom stereocenters. The predicted molar refractivity (Wildman–Crippen MR) is 75.9 cm³/mol. The van der Waals surface area contributed by atoms with Crippen LogP contribution < -0.4 is 10.5 Å². The van der Waals surface area contributed by atoms with Crippen LogP contribution in [-0.4, -0.2) is 12.2 Å². The minimum Gasteiger partial charge on any atom is -0.506 e. The number of aromatic hydroxyl groups is 1. The highest BCUT2D eigenvalue weighted by atomic mass is 79.9. The molecule has 0 saturated heterocycles. The van der Waals surface area contributed by atoms with Crippen molar-refractivity contribution in [1.82, 2.24) is 0 Å². The minimum atomic E-state index is -0.114. The Morgan fingerprint density at radius 1 is 1.33 bits per heavy atom. The van der Waals surface area contributed by atoms with Gasteiger partial charge in [0.05, 0.1) is 11.6 Å². The largest absolute Gasteiger partial charge is 0.506 e. The number of halogens is 1. The first-order chi connectivity index (χ1) is 8.63. The van der Waals surface area contributed by atoms with Gasteiger partial charge in [-0.3, -0.25) is 0 Å². The second kappa shape index (κ2) is 5.93. The molecule has 1 aliphatic rings. The number of benzene rings is 1. The summed E-state index contributed by atoms with van der Waals surface area (Å²) in [5, 5.41) is 10.1. The molecule has 1 aromatic carbocycles. The van der Waals surface area contributed by atoms with Crippen molar-refractivity contribution in [3.8, 4) is 11.5 Å². The minimum absolute atomic E-state index is 0.114. The molecule has 0 bridgehead atoms. The maximum absolute atomic E-state index is 10.1. The summed E-state index contributed by atoms with van der Waals surface area (Å²) in [5.41, 5.74) is 7.11. The third-order valence-corrected chi connectivity index (χ3v) is 4.42. The summed E-state index contributed by atoms with van der Waals surface area (Å²) < 4.78 is 5.87. The van der Waals surface area contributed by atoms with Gasteiger partial charge in [0, 0.05) is 11.6 Å². The molecule has 3 N–H and O–H groups in total. The van der Waals surface area contributed by atoms with Gasteiger partial charge in [0.2, 0.25) is 0 Å². The molecule has 18 heavy (non-hydrogen) atoms. The topological polar surface area (TPSA) is 55.5 Å². The number of phenolic OH excluding ortho intramolecular Hbond substituents is 1. The summed E-state index contributed by atoms with van der Waals surface area (Å²) in [6, 6.07) is 3.49. The van der Waals surface area contributed by atoms with Crippen LogP contribution in [0.2, 0.25) is 0 Å². The van der Waals surface area contributed by atoms with Gasteiger partial charge >= 0.3 is 0 Å². The fourth-order valence-electron chi connectivity index (χ4n) is 2.71. The van der Waals surface area contributed by atoms with Crippen molar-refractivity contribution in [1.29, 1.82) is 0 Å². The molecule has 0 radical (unpaired) electrons. The lowest BCUT2D eigenvalue weighted by Crippen LogP contribution is -2.23. The van der Waals surface area contributed by atoms with E-state index in [1.54, 1.807) is 13.2 Å². The number of rotatable bonds is 3. The summed E-state index contributed by atoms with van der Waals surface area (Å²) in [5.74, 6) is 1.43. The second-order valence-electron chi connectivity index (χ2n) is 4.97. The van der Waals surface area contributed by atoms with E-state index in [4.69, 9.17) is 10.5 Å². The Morgan fingerprint density at radius 3 is 2.61 bits per heavy atom. The van der Waals surface area contributed by atoms with Crippen LogP contribution in [-0.2, 0) is 0 Å². The van der Waals surface area contributed by atoms with Gasteiger partial charge in [0.1, 0.15) is 11.5 Å². The van der Waals surface area contributed by atoms with E-state index in [-0.39, 0.29) is 11.8 Å². The maximum atomic E-state index is 10.1. The molecule has 4 heteroatoms. The Labute approximate surface area is 116 Å². The van der Waals surface area contributed by atoms with Crippen molar-refractivity contribution in [2.75, 3.05) is 7.11 Å². The monoisotopic (exact) mass is 313 g/mol. The van der Waals surface area contributed by atoms with Crippen molar-refractivity contribution in [2.45, 2.75) is 38.1 Å². The summed E-state index contributed by atoms with van der Waals surface area (Å²) in [6.07, 6.45) is 6.08. The highest BCUT2D eigenvalue weighted by Gasteiger charge is 2.25. The molecule has 100 valence electrons. The average Bonchev–Trinajstić information content (AvgIpc) is 2.42. The van der Waals surface area contributed by atoms with E-state index in [1.807, 2.05) is 6.07 Å². The number of hydrogen-bond donors (Lipinski definition) is 2. The molecule has 1 atom stereocenters. The molecular formula is C14H20BrNO2. The van der Waals surface area contributed by atoms with Gasteiger partial charge in [0.25, 0.3) is 0 Å². The van der Waals surface area contributed by atoms with Crippen molar-refractivity contribution in [2.24, 2.45) is 11.7 Å². The third-order valence-electron chi connectivity index (χ3n) is 3.82. The zero-order chi connectivity index (χ0) is 13.1. The van der Waals surface area contributed by atoms with E-state index in [0.29, 0.717) is 10.4 Å². The molecule has 1 aromatic rings. The van der Waals surface area contributed by atoms with Crippen LogP contribution in [0.1, 0.15) is 43.7 Å². The standard InChI is InChI=1S/C14H20BrNO2/c1-18-10-7-11(14(17)12(15)8-10)13(16)9-5-3-2-4-6-9/h7-9,13,17H,2-6,16H2,1H3/t13-/m1/s1. The van der Waals surface area contributed by atoms with Crippen LogP contribution in [0.3, 0.4) is 0 Å². The number of hydrogen-bond acceptors (Lipinski definition) is 3. The Balaban J connectivity index is 2.27. The zero-order valence-corrected chi connectivity index (χ0v) is 12.2. The van der Waals surface area contributed by atoms with E-state index in [2.05, 4.69) is 15.9 Å². The molecular weight excluding hydrogens is 294 g/mol. The normalized spacial score (nSPS) is 18.6. The first kappa shape index (κ1) is 13.7. The fourth-order valence-corrected chi connectivity index (χ4v) is 3.17. The third kappa shape index (κ3) is 2.81. The Morgan fingerprint density at radius 2 is 2.00 bits per heavy atom. The fraction of sp³-hybridized carbons (Fsp3) is 0.571. The van der Waals surface area contributed by atoms with Gasteiger partial charge in [-0.25, -0.2) is 0 Å². The molecule has 3 nitrogen and oxygen atoms in total. The number of ether oxygens (including phenoxy) is 1. The van der Waals surface area contributed by atoms with E-state index >= 15 is 0 Å². The smallest absolute Gasteiger partial charge is 0.134 e. The van der Waals surface area contributed by atoms with Crippen LogP contribution in [0.4, 0.5) is 0 Å². The number of methoxy groups -OCH3 is 1. The van der Waals surface area contributed by atoms with E-state index in [9.17, 15) is 5.11 Å². The molecule has 1 fully saturated rings. The van der Waals surface area contributed by atoms with Crippen LogP contribution in [0.5, 0.6) is 11.5 Å². The molecule has 2 rings (SSSR count). The van der Waals surface area contributed by atoms with Gasteiger partial charge in [0.15, 0.2) is 0 Å². The molecule has 0 aromatic heterocycles. The molecule has 1 saturated carbocycles. The van der Waals surface area contributed by atoms with Crippen molar-refractivity contribution in [3.63, 3.8) is 0 Å². The van der Waals surface area contributed by atoms with Crippen molar-refractivity contribution in [3.05, 3.63) is 22.2 Å². The van der Waals surface area contributed by atoms with E-state index < -0.39 is 0 Å². The number of phenols is 1. The summed E-state index contributed by atoms with van der Waals surface area (Å²) >= 11 is 3.34. The lowest BCUT2D eigenvalue weighted by atomic mass is 9.81. The Bertz CT molecular complexity index is 417. The highest BCUT2D eigenvalue weighted by Crippen LogP contribution is 2.40. The SMILES string of the molecule is COc1cc(Br)c(O)c([C@H](N)C2CCCCC2)c1. The number of nitrogens with two attached hydrogens (primary N) is 1. The molecule has 0 spiro atoms. The quantitative estimate of drug-likeness (QED) is 0.893. The van der Waals surface area contributed by atoms with E-state index in [0.717, 1.165) is 24.2 Å². The van der Waals surface area contributed by atoms with Gasteiger partial charge in [-0.15, -0.1) is 0 Å². The summed E-state index contributed by atoms with van der Waals surface area (Å²) in [7, 11) is 1.62. The second-order valence-corrected chi connectivity index (χ2v) is 5.83. The Kier molecular flexibility index (Phi) is 4.51. The van der Waals surface area contributed by atoms with Crippen molar-refractivity contribution >= 4 is 15.9 Å². The lowest BCUT2D eigenvalue weighted by Gasteiger charge is -2.28. The highest BCUT2D eigenvalue weighted by molar-refractivity contribution is 9.10. The van der Waals surface area contributed by atoms with Gasteiger partial charge < -0.3 is 15.6 Å². The Hall–Kier alpha value is -0.740. The first-order valence-corrected chi connectivity index (χ1v) is 7.24. The van der Waals surface area contributed by atoms with Crippen LogP contribution in [0.15, 0.2) is 16.6 Å². The molecule has 0 amide bonds. The van der Waals surface area contributed by atoms with Gasteiger partial charge in [-0.2, -0.15) is 0 Å². The maximum Gasteiger partial charge on any atom is 0.134 e. The van der Waals surface area contributed by atoms with Gasteiger partial charge in [-0.05, 0) is 46.8 Å². The molecule has 1 aliphatic carbocycles. The predicted octanol–water partition coefficient (Wildman–Crippen LogP) is 3.74. The molecule has 0 aliphatic heterocycles. The van der Waals surface area contributed by atoms with E-state index in [1.165, 1.54) is 19.3 Å². The lowest BCUT2D eigenvalue weighted by molar-refractivity contribution is 0.302. The summed E-state index contributed by atoms with van der Waals surface area (Å²) in [6.45, 7) is 0. The summed E-state index contributed by atoms with van der Waals surface area (Å²) in [4.78, 5) is 0. The first-order valence-electron chi connectivity index (χ1n) is 6.45. The molecule has 0 heterocycles. The average molecular weight is 314 g/mol. The van der Waals surface area contributed by atoms with Crippen LogP contribution >= 0.6 is 15.9 Å². The van der Waals surface area contributed by atoms with Crippen LogP contribution in [0.25, 0.3) is 0 Å². The van der Waals surface area contributed by atoms with Gasteiger partial charge in [-0.1, -0.05) is 19.3 Å². The zero-order valence-electron chi connectivity index (χ0n) is 10.7. The van der Waals surface area contributed by atoms with Crippen LogP contribution in [0, 0.1) is 5.92 Å².